The minimum absolute atomic E-state index is 0.137. The van der Waals surface area contributed by atoms with Gasteiger partial charge in [-0.1, -0.05) is 46.3 Å². The molecule has 1 atom stereocenters. The molecule has 0 bridgehead atoms. The van der Waals surface area contributed by atoms with Gasteiger partial charge in [0, 0.05) is 16.1 Å². The van der Waals surface area contributed by atoms with E-state index < -0.39 is 6.08 Å². The van der Waals surface area contributed by atoms with Crippen LogP contribution in [-0.2, 0) is 0 Å². The van der Waals surface area contributed by atoms with Crippen LogP contribution in [0.25, 0.3) is 0 Å². The average Bonchev–Trinajstić information content (AvgIpc) is 3.26. The highest BCUT2D eigenvalue weighted by Crippen LogP contribution is 2.30. The Morgan fingerprint density at radius 1 is 1.03 bits per heavy atom. The first-order valence-corrected chi connectivity index (χ1v) is 10.5. The molecule has 1 unspecified atom stereocenters. The molecule has 1 aliphatic rings. The summed E-state index contributed by atoms with van der Waals surface area (Å²) in [6.07, 6.45) is -1.52. The summed E-state index contributed by atoms with van der Waals surface area (Å²) in [5.74, 6) is 0.142. The van der Waals surface area contributed by atoms with Gasteiger partial charge in [0.05, 0.1) is 12.3 Å². The van der Waals surface area contributed by atoms with Crippen molar-refractivity contribution in [3.05, 3.63) is 107 Å². The van der Waals surface area contributed by atoms with Crippen LogP contribution < -0.4 is 10.1 Å². The molecular weight excluding hydrogens is 480 g/mol. The third-order valence-corrected chi connectivity index (χ3v) is 5.41. The van der Waals surface area contributed by atoms with E-state index >= 15 is 0 Å². The second kappa shape index (κ2) is 9.74. The van der Waals surface area contributed by atoms with Crippen molar-refractivity contribution in [2.45, 2.75) is 5.92 Å². The maximum atomic E-state index is 12.9. The van der Waals surface area contributed by atoms with Crippen molar-refractivity contribution < 1.29 is 18.3 Å². The van der Waals surface area contributed by atoms with Crippen LogP contribution in [0.1, 0.15) is 17.0 Å². The first kappa shape index (κ1) is 21.7. The molecule has 8 heteroatoms. The topological polar surface area (TPSA) is 53.9 Å². The lowest BCUT2D eigenvalue weighted by molar-refractivity contribution is 0.218. The predicted octanol–water partition coefficient (Wildman–Crippen LogP) is 6.60. The first-order chi connectivity index (χ1) is 15.5. The number of ether oxygens (including phenoxy) is 1. The molecule has 2 amide bonds. The van der Waals surface area contributed by atoms with E-state index in [0.29, 0.717) is 24.2 Å². The first-order valence-electron chi connectivity index (χ1n) is 9.75. The molecule has 0 saturated heterocycles. The van der Waals surface area contributed by atoms with Crippen LogP contribution >= 0.6 is 15.9 Å². The van der Waals surface area contributed by atoms with Crippen molar-refractivity contribution in [3.63, 3.8) is 0 Å². The summed E-state index contributed by atoms with van der Waals surface area (Å²) in [6, 6.07) is 23.4. The molecule has 1 aliphatic heterocycles. The minimum Gasteiger partial charge on any atom is -0.459 e. The van der Waals surface area contributed by atoms with Crippen LogP contribution in [0.15, 0.2) is 101 Å². The lowest BCUT2D eigenvalue weighted by Gasteiger charge is -2.16. The zero-order valence-corrected chi connectivity index (χ0v) is 18.3. The van der Waals surface area contributed by atoms with Crippen molar-refractivity contribution >= 4 is 33.4 Å². The second-order valence-electron chi connectivity index (χ2n) is 7.02. The monoisotopic (exact) mass is 497 g/mol. The number of urea groups is 1. The fourth-order valence-corrected chi connectivity index (χ4v) is 3.64. The maximum Gasteiger partial charge on any atom is 0.342 e. The number of hydrogen-bond donors (Lipinski definition) is 1. The predicted molar refractivity (Wildman–Crippen MR) is 123 cm³/mol. The smallest absolute Gasteiger partial charge is 0.342 e. The van der Waals surface area contributed by atoms with Gasteiger partial charge in [-0.05, 0) is 59.7 Å². The number of nitrogens with one attached hydrogen (secondary N) is 1. The zero-order valence-electron chi connectivity index (χ0n) is 16.7. The van der Waals surface area contributed by atoms with E-state index in [1.165, 1.54) is 5.01 Å². The van der Waals surface area contributed by atoms with E-state index in [0.717, 1.165) is 15.6 Å². The number of carbonyl (C=O) groups excluding carboxylic acids is 1. The number of hydrazone groups is 1. The molecule has 0 saturated carbocycles. The van der Waals surface area contributed by atoms with Gasteiger partial charge in [-0.15, -0.1) is 0 Å². The van der Waals surface area contributed by atoms with Gasteiger partial charge in [0.15, 0.2) is 6.26 Å². The summed E-state index contributed by atoms with van der Waals surface area (Å²) >= 11 is 3.37. The molecule has 5 nitrogen and oxygen atoms in total. The maximum absolute atomic E-state index is 12.9. The molecule has 1 N–H and O–H groups in total. The number of anilines is 1. The molecule has 162 valence electrons. The number of benzene rings is 3. The molecule has 0 aliphatic carbocycles. The van der Waals surface area contributed by atoms with Gasteiger partial charge in [-0.3, -0.25) is 0 Å². The van der Waals surface area contributed by atoms with Crippen molar-refractivity contribution in [3.8, 4) is 5.75 Å². The van der Waals surface area contributed by atoms with E-state index in [1.54, 1.807) is 36.4 Å². The fraction of sp³-hybridized carbons (Fsp3) is 0.0833. The van der Waals surface area contributed by atoms with E-state index in [-0.39, 0.29) is 17.7 Å². The summed E-state index contributed by atoms with van der Waals surface area (Å²) in [4.78, 5) is 12.9. The summed E-state index contributed by atoms with van der Waals surface area (Å²) < 4.78 is 30.3. The summed E-state index contributed by atoms with van der Waals surface area (Å²) in [5, 5.41) is 8.85. The van der Waals surface area contributed by atoms with Crippen LogP contribution in [0, 0.1) is 0 Å². The highest BCUT2D eigenvalue weighted by atomic mass is 79.9. The summed E-state index contributed by atoms with van der Waals surface area (Å²) in [6.45, 7) is 0.371. The Bertz CT molecular complexity index is 1150. The van der Waals surface area contributed by atoms with Crippen molar-refractivity contribution in [1.82, 2.24) is 5.01 Å². The van der Waals surface area contributed by atoms with Gasteiger partial charge in [0.2, 0.25) is 0 Å². The zero-order chi connectivity index (χ0) is 22.5. The van der Waals surface area contributed by atoms with Crippen LogP contribution in [0.3, 0.4) is 0 Å². The fourth-order valence-electron chi connectivity index (χ4n) is 3.37. The van der Waals surface area contributed by atoms with Crippen molar-refractivity contribution in [2.75, 3.05) is 11.9 Å². The van der Waals surface area contributed by atoms with Gasteiger partial charge in [-0.25, -0.2) is 9.80 Å². The van der Waals surface area contributed by atoms with Crippen LogP contribution in [0.5, 0.6) is 5.75 Å². The lowest BCUT2D eigenvalue weighted by atomic mass is 9.90. The molecule has 0 aromatic heterocycles. The van der Waals surface area contributed by atoms with E-state index in [9.17, 15) is 13.6 Å². The summed E-state index contributed by atoms with van der Waals surface area (Å²) in [7, 11) is 0. The Hall–Kier alpha value is -3.52. The van der Waals surface area contributed by atoms with Crippen LogP contribution in [-0.4, -0.2) is 23.3 Å². The number of amides is 2. The largest absolute Gasteiger partial charge is 0.459 e. The summed E-state index contributed by atoms with van der Waals surface area (Å²) in [5.41, 5.74) is 3.16. The standard InChI is InChI=1S/C24H18BrF2N3O2/c25-18-8-10-19(11-9-18)28-24(31)30-14-21(16-4-2-1-3-5-16)23(29-30)17-6-12-20(13-7-17)32-15-22(26)27/h1-13,15,21H,14H2,(H,28,31). The van der Waals surface area contributed by atoms with E-state index in [2.05, 4.69) is 26.3 Å². The number of hydrogen-bond acceptors (Lipinski definition) is 3. The highest BCUT2D eigenvalue weighted by molar-refractivity contribution is 9.10. The Balaban J connectivity index is 1.59. The van der Waals surface area contributed by atoms with Crippen LogP contribution in [0.4, 0.5) is 19.3 Å². The molecule has 32 heavy (non-hydrogen) atoms. The van der Waals surface area contributed by atoms with Crippen molar-refractivity contribution in [1.29, 1.82) is 0 Å². The molecule has 1 heterocycles. The normalized spacial score (nSPS) is 15.2. The highest BCUT2D eigenvalue weighted by Gasteiger charge is 2.32. The second-order valence-corrected chi connectivity index (χ2v) is 7.93. The number of rotatable bonds is 5. The molecule has 3 aromatic rings. The number of carbonyl (C=O) groups is 1. The Morgan fingerprint density at radius 3 is 2.38 bits per heavy atom. The van der Waals surface area contributed by atoms with Gasteiger partial charge >= 0.3 is 12.1 Å². The molecule has 0 radical (unpaired) electrons. The van der Waals surface area contributed by atoms with Crippen LogP contribution in [0.2, 0.25) is 0 Å². The average molecular weight is 498 g/mol. The van der Waals surface area contributed by atoms with E-state index in [4.69, 9.17) is 4.74 Å². The molecule has 0 fully saturated rings. The van der Waals surface area contributed by atoms with Gasteiger partial charge < -0.3 is 10.1 Å². The SMILES string of the molecule is O=C(Nc1ccc(Br)cc1)N1CC(c2ccccc2)C(c2ccc(OC=C(F)F)cc2)=N1. The third-order valence-electron chi connectivity index (χ3n) is 4.88. The third kappa shape index (κ3) is 5.20. The van der Waals surface area contributed by atoms with Gasteiger partial charge in [0.25, 0.3) is 0 Å². The molecular formula is C24H18BrF2N3O2. The van der Waals surface area contributed by atoms with Crippen molar-refractivity contribution in [2.24, 2.45) is 5.10 Å². The quantitative estimate of drug-likeness (QED) is 0.403. The van der Waals surface area contributed by atoms with Gasteiger partial charge in [0.1, 0.15) is 5.75 Å². The minimum atomic E-state index is -1.91. The lowest BCUT2D eigenvalue weighted by Crippen LogP contribution is -2.30. The molecule has 4 rings (SSSR count). The van der Waals surface area contributed by atoms with E-state index in [1.807, 2.05) is 42.5 Å². The molecule has 3 aromatic carbocycles. The molecule has 0 spiro atoms. The Kier molecular flexibility index (Phi) is 6.61. The number of nitrogens with zero attached hydrogens (tertiary/aromatic N) is 2. The Labute approximate surface area is 192 Å². The number of halogens is 3. The van der Waals surface area contributed by atoms with Gasteiger partial charge in [-0.2, -0.15) is 13.9 Å². The Morgan fingerprint density at radius 2 is 1.72 bits per heavy atom.